The Morgan fingerprint density at radius 1 is 0.797 bits per heavy atom. The number of nitrogens with zero attached hydrogens (tertiary/aromatic N) is 4. The highest BCUT2D eigenvalue weighted by Gasteiger charge is 2.52. The van der Waals surface area contributed by atoms with Crippen LogP contribution in [0.1, 0.15) is 76.6 Å². The fraction of sp³-hybridized carbons (Fsp3) is 0.455. The number of aromatic nitrogens is 4. The van der Waals surface area contributed by atoms with Crippen molar-refractivity contribution in [3.05, 3.63) is 72.4 Å². The predicted octanol–water partition coefficient (Wildman–Crippen LogP) is 6.63. The number of benzene rings is 3. The second-order valence-corrected chi connectivity index (χ2v) is 16.3. The summed E-state index contributed by atoms with van der Waals surface area (Å²) in [4.78, 5) is 72.5. The van der Waals surface area contributed by atoms with E-state index < -0.39 is 30.4 Å². The molecule has 59 heavy (non-hydrogen) atoms. The topological polar surface area (TPSA) is 184 Å². The zero-order valence-electron chi connectivity index (χ0n) is 34.3. The molecular weight excluding hydrogens is 753 g/mol. The van der Waals surface area contributed by atoms with E-state index in [0.29, 0.717) is 6.54 Å². The first-order chi connectivity index (χ1) is 28.5. The molecule has 8 rings (SSSR count). The van der Waals surface area contributed by atoms with Crippen LogP contribution in [0.4, 0.5) is 9.59 Å². The molecule has 4 heterocycles. The Labute approximate surface area is 342 Å². The van der Waals surface area contributed by atoms with Crippen LogP contribution in [-0.4, -0.2) is 106 Å². The Morgan fingerprint density at radius 2 is 1.51 bits per heavy atom. The van der Waals surface area contributed by atoms with Crippen molar-refractivity contribution in [2.45, 2.75) is 89.2 Å². The predicted molar refractivity (Wildman–Crippen MR) is 221 cm³/mol. The number of aromatic amines is 2. The standard InChI is InChI=1S/C44H52N8O7/c1-23(2)35(49-43(55)58-5)41(53)51-19-7-8-34(51)39-46-32-18-15-28-20-27(14-17-31(28)37(32)48-39)25-9-11-26(12-10-25)33-22-45-40(47-33)38-29-13-16-30(21-29)52(38)42(54)36(24(3)57-4)50-44(56)59-6/h9-12,14-15,17-18,20,22-24,29-30,34-36,38H,7-8,13,16,19,21H2,1-6H3,(H,45,47)(H,46,48)(H,49,55)(H,50,56). The Hall–Kier alpha value is -5.96. The van der Waals surface area contributed by atoms with E-state index in [2.05, 4.69) is 69.1 Å². The summed E-state index contributed by atoms with van der Waals surface area (Å²) in [5.74, 6) is 1.28. The summed E-state index contributed by atoms with van der Waals surface area (Å²) in [6.07, 6.45) is 4.39. The summed E-state index contributed by atoms with van der Waals surface area (Å²) in [6.45, 7) is 6.16. The lowest BCUT2D eigenvalue weighted by Gasteiger charge is -2.37. The summed E-state index contributed by atoms with van der Waals surface area (Å²) in [7, 11) is 4.09. The molecule has 2 bridgehead atoms. The fourth-order valence-electron chi connectivity index (χ4n) is 9.35. The molecule has 1 aliphatic carbocycles. The van der Waals surface area contributed by atoms with Crippen LogP contribution in [0.2, 0.25) is 0 Å². The van der Waals surface area contributed by atoms with Crippen molar-refractivity contribution in [2.24, 2.45) is 11.8 Å². The highest BCUT2D eigenvalue weighted by molar-refractivity contribution is 6.05. The summed E-state index contributed by atoms with van der Waals surface area (Å²) >= 11 is 0. The second-order valence-electron chi connectivity index (χ2n) is 16.3. The molecule has 0 spiro atoms. The second kappa shape index (κ2) is 16.4. The third-order valence-corrected chi connectivity index (χ3v) is 12.5. The van der Waals surface area contributed by atoms with Crippen LogP contribution in [0.25, 0.3) is 44.2 Å². The Balaban J connectivity index is 0.997. The smallest absolute Gasteiger partial charge is 0.407 e. The number of methoxy groups -OCH3 is 3. The van der Waals surface area contributed by atoms with E-state index in [1.165, 1.54) is 21.3 Å². The summed E-state index contributed by atoms with van der Waals surface area (Å²) in [5, 5.41) is 7.45. The quantitative estimate of drug-likeness (QED) is 0.114. The van der Waals surface area contributed by atoms with Gasteiger partial charge in [0.2, 0.25) is 11.8 Å². The van der Waals surface area contributed by atoms with Gasteiger partial charge >= 0.3 is 12.2 Å². The van der Waals surface area contributed by atoms with Crippen LogP contribution in [0, 0.1) is 11.8 Å². The van der Waals surface area contributed by atoms with Crippen molar-refractivity contribution in [3.63, 3.8) is 0 Å². The van der Waals surface area contributed by atoms with E-state index >= 15 is 0 Å². The number of piperidine rings is 1. The third-order valence-electron chi connectivity index (χ3n) is 12.5. The molecule has 2 aliphatic heterocycles. The first-order valence-corrected chi connectivity index (χ1v) is 20.4. The lowest BCUT2D eigenvalue weighted by Crippen LogP contribution is -2.56. The van der Waals surface area contributed by atoms with Gasteiger partial charge < -0.3 is 44.6 Å². The minimum absolute atomic E-state index is 0.0682. The molecule has 310 valence electrons. The lowest BCUT2D eigenvalue weighted by molar-refractivity contribution is -0.141. The molecule has 1 saturated carbocycles. The van der Waals surface area contributed by atoms with Gasteiger partial charge in [-0.1, -0.05) is 56.3 Å². The van der Waals surface area contributed by atoms with E-state index in [4.69, 9.17) is 24.2 Å². The van der Waals surface area contributed by atoms with Crippen LogP contribution in [0.3, 0.4) is 0 Å². The highest BCUT2D eigenvalue weighted by atomic mass is 16.5. The van der Waals surface area contributed by atoms with E-state index in [1.807, 2.05) is 35.9 Å². The number of rotatable bonds is 11. The number of nitrogens with one attached hydrogen (secondary N) is 4. The van der Waals surface area contributed by atoms with Crippen molar-refractivity contribution in [1.82, 2.24) is 40.4 Å². The van der Waals surface area contributed by atoms with Gasteiger partial charge in [0.05, 0.1) is 55.3 Å². The number of amides is 4. The number of imidazole rings is 2. The Morgan fingerprint density at radius 3 is 2.22 bits per heavy atom. The van der Waals surface area contributed by atoms with Gasteiger partial charge in [-0.05, 0) is 85.1 Å². The number of carbonyl (C=O) groups is 4. The van der Waals surface area contributed by atoms with E-state index in [0.717, 1.165) is 87.9 Å². The average molecular weight is 805 g/mol. The SMILES string of the molecule is COC(=O)NC(C(=O)N1CCCC1c1nc2c(ccc3cc(-c4ccc(-c5cnc(C6C7CCC(C7)N6C(=O)C(NC(=O)OC)C(C)OC)[nH]5)cc4)ccc32)[nH]1)C(C)C. The summed E-state index contributed by atoms with van der Waals surface area (Å²) in [6, 6.07) is 16.8. The van der Waals surface area contributed by atoms with Crippen LogP contribution < -0.4 is 10.6 Å². The summed E-state index contributed by atoms with van der Waals surface area (Å²) in [5.41, 5.74) is 5.69. The molecule has 15 nitrogen and oxygen atoms in total. The molecule has 7 unspecified atom stereocenters. The van der Waals surface area contributed by atoms with Crippen molar-refractivity contribution in [1.29, 1.82) is 0 Å². The minimum Gasteiger partial charge on any atom is -0.453 e. The van der Waals surface area contributed by atoms with Gasteiger partial charge in [0.15, 0.2) is 0 Å². The average Bonchev–Trinajstić information content (AvgIpc) is 4.11. The van der Waals surface area contributed by atoms with Crippen LogP contribution in [0.5, 0.6) is 0 Å². The van der Waals surface area contributed by atoms with Gasteiger partial charge in [-0.15, -0.1) is 0 Å². The first kappa shape index (κ1) is 39.8. The maximum absolute atomic E-state index is 14.0. The zero-order valence-corrected chi connectivity index (χ0v) is 34.3. The minimum atomic E-state index is -0.892. The van der Waals surface area contributed by atoms with Gasteiger partial charge in [-0.3, -0.25) is 9.59 Å². The molecule has 2 aromatic heterocycles. The Bertz CT molecular complexity index is 2370. The molecule has 15 heteroatoms. The van der Waals surface area contributed by atoms with Gasteiger partial charge in [0.25, 0.3) is 0 Å². The number of fused-ring (bicyclic) bond motifs is 5. The Kier molecular flexibility index (Phi) is 11.0. The lowest BCUT2D eigenvalue weighted by atomic mass is 9.97. The maximum Gasteiger partial charge on any atom is 0.407 e. The van der Waals surface area contributed by atoms with Gasteiger partial charge in [-0.2, -0.15) is 0 Å². The molecule has 0 radical (unpaired) electrons. The van der Waals surface area contributed by atoms with Crippen LogP contribution in [-0.2, 0) is 23.8 Å². The monoisotopic (exact) mass is 804 g/mol. The van der Waals surface area contributed by atoms with Gasteiger partial charge in [0.1, 0.15) is 23.7 Å². The number of ether oxygens (including phenoxy) is 3. The van der Waals surface area contributed by atoms with E-state index in [1.54, 1.807) is 6.92 Å². The molecular formula is C44H52N8O7. The van der Waals surface area contributed by atoms with Gasteiger partial charge in [-0.25, -0.2) is 19.6 Å². The molecule has 5 aromatic rings. The van der Waals surface area contributed by atoms with E-state index in [9.17, 15) is 19.2 Å². The molecule has 3 fully saturated rings. The highest BCUT2D eigenvalue weighted by Crippen LogP contribution is 2.50. The number of alkyl carbamates (subject to hydrolysis) is 2. The van der Waals surface area contributed by atoms with Crippen molar-refractivity contribution >= 4 is 45.8 Å². The number of likely N-dealkylation sites (tertiary alicyclic amines) is 2. The number of hydrogen-bond donors (Lipinski definition) is 4. The molecule has 2 saturated heterocycles. The molecule has 3 aliphatic rings. The zero-order chi connectivity index (χ0) is 41.5. The first-order valence-electron chi connectivity index (χ1n) is 20.4. The van der Waals surface area contributed by atoms with Crippen LogP contribution in [0.15, 0.2) is 60.8 Å². The van der Waals surface area contributed by atoms with Gasteiger partial charge in [0, 0.05) is 25.1 Å². The summed E-state index contributed by atoms with van der Waals surface area (Å²) < 4.78 is 15.1. The molecule has 3 aromatic carbocycles. The third kappa shape index (κ3) is 7.47. The van der Waals surface area contributed by atoms with Crippen LogP contribution >= 0.6 is 0 Å². The number of H-pyrrole nitrogens is 2. The normalized spacial score (nSPS) is 21.5. The fourth-order valence-corrected chi connectivity index (χ4v) is 9.35. The molecule has 4 amide bonds. The number of carbonyl (C=O) groups excluding carboxylic acids is 4. The van der Waals surface area contributed by atoms with E-state index in [-0.39, 0.29) is 41.8 Å². The largest absolute Gasteiger partial charge is 0.453 e. The molecule has 4 N–H and O–H groups in total. The number of hydrogen-bond acceptors (Lipinski definition) is 9. The molecule has 7 atom stereocenters. The van der Waals surface area contributed by atoms with Crippen molar-refractivity contribution in [3.8, 4) is 22.4 Å². The maximum atomic E-state index is 14.0. The van der Waals surface area contributed by atoms with Crippen molar-refractivity contribution < 1.29 is 33.4 Å². The van der Waals surface area contributed by atoms with Crippen molar-refractivity contribution in [2.75, 3.05) is 27.9 Å².